The summed E-state index contributed by atoms with van der Waals surface area (Å²) in [7, 11) is 0. The maximum atomic E-state index is 6.44. The number of benzene rings is 1. The molecule has 0 amide bonds. The lowest BCUT2D eigenvalue weighted by Gasteiger charge is -2.37. The Morgan fingerprint density at radius 1 is 1.28 bits per heavy atom. The molecule has 1 aromatic carbocycles. The van der Waals surface area contributed by atoms with E-state index in [-0.39, 0.29) is 0 Å². The van der Waals surface area contributed by atoms with Gasteiger partial charge in [0.1, 0.15) is 12.4 Å². The number of morpholine rings is 1. The summed E-state index contributed by atoms with van der Waals surface area (Å²) in [4.78, 5) is 4.87. The fourth-order valence-corrected chi connectivity index (χ4v) is 3.68. The standard InChI is InChI=1S/C19H30ClN3O2/c1-15-13-23(16(2)12-21-15)14-17-3-4-19(18(20)11-17)25-10-7-22-5-8-24-9-6-22/h3-4,11,15-16,21H,5-10,12-14H2,1-2H3. The first-order chi connectivity index (χ1) is 12.1. The van der Waals surface area contributed by atoms with Gasteiger partial charge in [-0.15, -0.1) is 0 Å². The van der Waals surface area contributed by atoms with Crippen molar-refractivity contribution in [3.05, 3.63) is 28.8 Å². The third kappa shape index (κ3) is 5.56. The van der Waals surface area contributed by atoms with Crippen molar-refractivity contribution in [2.45, 2.75) is 32.5 Å². The van der Waals surface area contributed by atoms with Gasteiger partial charge in [-0.25, -0.2) is 0 Å². The molecule has 0 bridgehead atoms. The Kier molecular flexibility index (Phi) is 6.96. The van der Waals surface area contributed by atoms with Crippen LogP contribution in [0, 0.1) is 0 Å². The highest BCUT2D eigenvalue weighted by molar-refractivity contribution is 6.32. The zero-order valence-electron chi connectivity index (χ0n) is 15.3. The normalized spacial score (nSPS) is 25.9. The van der Waals surface area contributed by atoms with Crippen LogP contribution in [0.4, 0.5) is 0 Å². The van der Waals surface area contributed by atoms with E-state index in [2.05, 4.69) is 35.0 Å². The van der Waals surface area contributed by atoms with E-state index in [0.717, 1.165) is 58.2 Å². The summed E-state index contributed by atoms with van der Waals surface area (Å²) in [5.74, 6) is 0.778. The average molecular weight is 368 g/mol. The molecule has 0 spiro atoms. The van der Waals surface area contributed by atoms with Gasteiger partial charge in [0.05, 0.1) is 18.2 Å². The molecule has 1 N–H and O–H groups in total. The SMILES string of the molecule is CC1CN(Cc2ccc(OCCN3CCOCC3)c(Cl)c2)C(C)CN1. The zero-order chi connectivity index (χ0) is 17.6. The van der Waals surface area contributed by atoms with Crippen molar-refractivity contribution in [3.63, 3.8) is 0 Å². The van der Waals surface area contributed by atoms with Gasteiger partial charge in [-0.1, -0.05) is 17.7 Å². The van der Waals surface area contributed by atoms with Crippen LogP contribution in [-0.4, -0.2) is 74.4 Å². The van der Waals surface area contributed by atoms with Gasteiger partial charge in [-0.05, 0) is 31.5 Å². The number of hydrogen-bond donors (Lipinski definition) is 1. The molecule has 25 heavy (non-hydrogen) atoms. The second-order valence-electron chi connectivity index (χ2n) is 7.16. The molecular formula is C19H30ClN3O2. The molecule has 1 aromatic rings. The first-order valence-electron chi connectivity index (χ1n) is 9.30. The smallest absolute Gasteiger partial charge is 0.137 e. The van der Waals surface area contributed by atoms with Crippen LogP contribution in [0.1, 0.15) is 19.4 Å². The molecule has 6 heteroatoms. The lowest BCUT2D eigenvalue weighted by atomic mass is 10.1. The molecule has 0 aliphatic carbocycles. The van der Waals surface area contributed by atoms with Crippen molar-refractivity contribution in [2.24, 2.45) is 0 Å². The lowest BCUT2D eigenvalue weighted by molar-refractivity contribution is 0.0322. The van der Waals surface area contributed by atoms with Crippen molar-refractivity contribution < 1.29 is 9.47 Å². The van der Waals surface area contributed by atoms with Crippen LogP contribution in [0.25, 0.3) is 0 Å². The Balaban J connectivity index is 1.49. The van der Waals surface area contributed by atoms with Crippen molar-refractivity contribution in [1.82, 2.24) is 15.1 Å². The number of ether oxygens (including phenoxy) is 2. The van der Waals surface area contributed by atoms with Crippen LogP contribution in [0.15, 0.2) is 18.2 Å². The molecule has 3 rings (SSSR count). The summed E-state index contributed by atoms with van der Waals surface area (Å²) in [6.45, 7) is 12.7. The maximum absolute atomic E-state index is 6.44. The molecule has 0 saturated carbocycles. The Labute approximate surface area is 156 Å². The molecule has 140 valence electrons. The van der Waals surface area contributed by atoms with Crippen LogP contribution in [0.2, 0.25) is 5.02 Å². The maximum Gasteiger partial charge on any atom is 0.137 e. The minimum absolute atomic E-state index is 0.537. The van der Waals surface area contributed by atoms with Crippen molar-refractivity contribution in [3.8, 4) is 5.75 Å². The Morgan fingerprint density at radius 3 is 2.84 bits per heavy atom. The molecule has 2 aliphatic heterocycles. The highest BCUT2D eigenvalue weighted by atomic mass is 35.5. The largest absolute Gasteiger partial charge is 0.491 e. The molecule has 5 nitrogen and oxygen atoms in total. The quantitative estimate of drug-likeness (QED) is 0.834. The van der Waals surface area contributed by atoms with Gasteiger partial charge in [-0.3, -0.25) is 9.80 Å². The Hall–Kier alpha value is -0.850. The van der Waals surface area contributed by atoms with Crippen molar-refractivity contribution >= 4 is 11.6 Å². The number of nitrogens with one attached hydrogen (secondary N) is 1. The van der Waals surface area contributed by atoms with Gasteiger partial charge in [0.2, 0.25) is 0 Å². The van der Waals surface area contributed by atoms with Crippen LogP contribution in [0.3, 0.4) is 0 Å². The van der Waals surface area contributed by atoms with E-state index >= 15 is 0 Å². The third-order valence-corrected chi connectivity index (χ3v) is 5.34. The molecule has 2 atom stereocenters. The zero-order valence-corrected chi connectivity index (χ0v) is 16.1. The fraction of sp³-hybridized carbons (Fsp3) is 0.684. The predicted molar refractivity (Wildman–Crippen MR) is 102 cm³/mol. The van der Waals surface area contributed by atoms with Crippen molar-refractivity contribution in [2.75, 3.05) is 52.5 Å². The van der Waals surface area contributed by atoms with E-state index in [0.29, 0.717) is 23.7 Å². The minimum Gasteiger partial charge on any atom is -0.491 e. The van der Waals surface area contributed by atoms with Gasteiger partial charge >= 0.3 is 0 Å². The van der Waals surface area contributed by atoms with E-state index < -0.39 is 0 Å². The average Bonchev–Trinajstić information content (AvgIpc) is 2.61. The van der Waals surface area contributed by atoms with Crippen LogP contribution in [0.5, 0.6) is 5.75 Å². The summed E-state index contributed by atoms with van der Waals surface area (Å²) < 4.78 is 11.2. The highest BCUT2D eigenvalue weighted by Crippen LogP contribution is 2.26. The summed E-state index contributed by atoms with van der Waals surface area (Å²) in [5, 5.41) is 4.22. The van der Waals surface area contributed by atoms with E-state index in [9.17, 15) is 0 Å². The minimum atomic E-state index is 0.537. The number of piperazine rings is 1. The lowest BCUT2D eigenvalue weighted by Crippen LogP contribution is -2.53. The third-order valence-electron chi connectivity index (χ3n) is 5.04. The second kappa shape index (κ2) is 9.19. The topological polar surface area (TPSA) is 37.0 Å². The molecule has 2 heterocycles. The Morgan fingerprint density at radius 2 is 2.08 bits per heavy atom. The van der Waals surface area contributed by atoms with E-state index in [1.165, 1.54) is 5.56 Å². The van der Waals surface area contributed by atoms with Gasteiger partial charge in [-0.2, -0.15) is 0 Å². The van der Waals surface area contributed by atoms with Gasteiger partial charge in [0, 0.05) is 51.4 Å². The van der Waals surface area contributed by atoms with Crippen LogP contribution >= 0.6 is 11.6 Å². The van der Waals surface area contributed by atoms with E-state index in [1.807, 2.05) is 12.1 Å². The predicted octanol–water partition coefficient (Wildman–Crippen LogP) is 2.23. The summed E-state index contributed by atoms with van der Waals surface area (Å²) >= 11 is 6.44. The first-order valence-corrected chi connectivity index (χ1v) is 9.68. The molecule has 2 fully saturated rings. The Bertz CT molecular complexity index is 551. The summed E-state index contributed by atoms with van der Waals surface area (Å²) in [6, 6.07) is 7.27. The van der Waals surface area contributed by atoms with Gasteiger partial charge in [0.25, 0.3) is 0 Å². The number of nitrogens with zero attached hydrogens (tertiary/aromatic N) is 2. The fourth-order valence-electron chi connectivity index (χ4n) is 3.42. The van der Waals surface area contributed by atoms with Crippen LogP contribution < -0.4 is 10.1 Å². The number of hydrogen-bond acceptors (Lipinski definition) is 5. The molecule has 0 aromatic heterocycles. The monoisotopic (exact) mass is 367 g/mol. The molecule has 2 saturated heterocycles. The van der Waals surface area contributed by atoms with Gasteiger partial charge in [0.15, 0.2) is 0 Å². The number of halogens is 1. The summed E-state index contributed by atoms with van der Waals surface area (Å²) in [6.07, 6.45) is 0. The second-order valence-corrected chi connectivity index (χ2v) is 7.56. The summed E-state index contributed by atoms with van der Waals surface area (Å²) in [5.41, 5.74) is 1.24. The number of rotatable bonds is 6. The molecule has 2 unspecified atom stereocenters. The highest BCUT2D eigenvalue weighted by Gasteiger charge is 2.22. The first kappa shape index (κ1) is 18.9. The van der Waals surface area contributed by atoms with E-state index in [1.54, 1.807) is 0 Å². The van der Waals surface area contributed by atoms with Crippen molar-refractivity contribution in [1.29, 1.82) is 0 Å². The molecule has 2 aliphatic rings. The van der Waals surface area contributed by atoms with Gasteiger partial charge < -0.3 is 14.8 Å². The molecule has 0 radical (unpaired) electrons. The van der Waals surface area contributed by atoms with E-state index in [4.69, 9.17) is 21.1 Å². The molecular weight excluding hydrogens is 338 g/mol. The van der Waals surface area contributed by atoms with Crippen LogP contribution in [-0.2, 0) is 11.3 Å².